The van der Waals surface area contributed by atoms with Crippen molar-refractivity contribution < 1.29 is 24.2 Å². The quantitative estimate of drug-likeness (QED) is 0.460. The molecule has 5 heteroatoms. The van der Waals surface area contributed by atoms with Gasteiger partial charge in [-0.3, -0.25) is 0 Å². The van der Waals surface area contributed by atoms with E-state index in [2.05, 4.69) is 39.0 Å². The maximum Gasteiger partial charge on any atom is 0.340 e. The van der Waals surface area contributed by atoms with Gasteiger partial charge in [-0.1, -0.05) is 39.7 Å². The predicted molar refractivity (Wildman–Crippen MR) is 129 cm³/mol. The first-order valence-corrected chi connectivity index (χ1v) is 13.3. The Morgan fingerprint density at radius 2 is 1.97 bits per heavy atom. The molecule has 5 unspecified atom stereocenters. The zero-order valence-corrected chi connectivity index (χ0v) is 20.8. The van der Waals surface area contributed by atoms with E-state index in [1.54, 1.807) is 0 Å². The van der Waals surface area contributed by atoms with Crippen LogP contribution in [0, 0.1) is 35.0 Å². The number of rotatable bonds is 8. The molecule has 2 bridgehead atoms. The molecule has 5 atom stereocenters. The summed E-state index contributed by atoms with van der Waals surface area (Å²) in [5.74, 6) is 2.30. The summed E-state index contributed by atoms with van der Waals surface area (Å²) in [6.07, 6.45) is 14.6. The van der Waals surface area contributed by atoms with E-state index in [4.69, 9.17) is 9.47 Å². The van der Waals surface area contributed by atoms with Gasteiger partial charge in [0, 0.05) is 29.2 Å². The summed E-state index contributed by atoms with van der Waals surface area (Å²) < 4.78 is 11.8. The van der Waals surface area contributed by atoms with Crippen molar-refractivity contribution in [3.63, 3.8) is 0 Å². The van der Waals surface area contributed by atoms with E-state index in [1.807, 2.05) is 0 Å². The van der Waals surface area contributed by atoms with Crippen LogP contribution in [0.2, 0.25) is 0 Å². The summed E-state index contributed by atoms with van der Waals surface area (Å²) in [5.41, 5.74) is 2.06. The first-order chi connectivity index (χ1) is 16.4. The molecule has 1 saturated carbocycles. The Kier molecular flexibility index (Phi) is 6.34. The van der Waals surface area contributed by atoms with E-state index in [0.29, 0.717) is 24.2 Å². The van der Waals surface area contributed by atoms with Crippen LogP contribution in [0.3, 0.4) is 0 Å². The second-order valence-corrected chi connectivity index (χ2v) is 11.2. The monoisotopic (exact) mass is 466 g/mol. The Morgan fingerprint density at radius 3 is 2.71 bits per heavy atom. The lowest BCUT2D eigenvalue weighted by atomic mass is 9.46. The zero-order chi connectivity index (χ0) is 24.0. The fourth-order valence-electron chi connectivity index (χ4n) is 7.21. The number of cyclic esters (lactones) is 2. The molecule has 6 rings (SSSR count). The molecule has 0 radical (unpaired) electrons. The lowest BCUT2D eigenvalue weighted by Gasteiger charge is -2.54. The summed E-state index contributed by atoms with van der Waals surface area (Å²) in [6, 6.07) is 0. The smallest absolute Gasteiger partial charge is 0.340 e. The van der Waals surface area contributed by atoms with Crippen LogP contribution in [0.5, 0.6) is 0 Å². The molecular weight excluding hydrogens is 428 g/mol. The molecule has 5 nitrogen and oxygen atoms in total. The number of carbonyl (C=O) groups excluding carboxylic acids is 2. The molecule has 184 valence electrons. The lowest BCUT2D eigenvalue weighted by molar-refractivity contribution is -0.135. The third-order valence-corrected chi connectivity index (χ3v) is 8.81. The first-order valence-electron chi connectivity index (χ1n) is 13.3. The molecule has 1 saturated heterocycles. The summed E-state index contributed by atoms with van der Waals surface area (Å²) in [6.45, 7) is 6.64. The zero-order valence-electron chi connectivity index (χ0n) is 20.8. The third-order valence-electron chi connectivity index (χ3n) is 8.81. The van der Waals surface area contributed by atoms with Gasteiger partial charge >= 0.3 is 11.9 Å². The van der Waals surface area contributed by atoms with Crippen molar-refractivity contribution in [1.82, 2.24) is 0 Å². The Morgan fingerprint density at radius 1 is 1.15 bits per heavy atom. The fraction of sp³-hybridized carbons (Fsp3) is 0.655. The van der Waals surface area contributed by atoms with Crippen molar-refractivity contribution in [3.8, 4) is 0 Å². The molecule has 0 amide bonds. The minimum Gasteiger partial charge on any atom is -0.427 e. The second kappa shape index (κ2) is 9.14. The molecular formula is C29H38O5. The number of allylic oxidation sites excluding steroid dienone is 5. The maximum atomic E-state index is 13.3. The Hall–Kier alpha value is -2.14. The van der Waals surface area contributed by atoms with Crippen molar-refractivity contribution in [3.05, 3.63) is 46.5 Å². The predicted octanol–water partition coefficient (Wildman–Crippen LogP) is 5.76. The van der Waals surface area contributed by atoms with Crippen LogP contribution in [-0.4, -0.2) is 23.7 Å². The van der Waals surface area contributed by atoms with Crippen molar-refractivity contribution in [2.24, 2.45) is 35.0 Å². The van der Waals surface area contributed by atoms with Gasteiger partial charge in [0.05, 0.1) is 5.41 Å². The summed E-state index contributed by atoms with van der Waals surface area (Å²) in [5, 5.41) is 9.71. The summed E-state index contributed by atoms with van der Waals surface area (Å²) >= 11 is 0. The highest BCUT2D eigenvalue weighted by Gasteiger charge is 2.66. The molecule has 34 heavy (non-hydrogen) atoms. The molecule has 2 heterocycles. The van der Waals surface area contributed by atoms with Gasteiger partial charge in [0.1, 0.15) is 11.5 Å². The van der Waals surface area contributed by atoms with Crippen molar-refractivity contribution >= 4 is 11.9 Å². The number of hydrogen-bond acceptors (Lipinski definition) is 5. The number of hydrogen-bond donors (Lipinski definition) is 1. The van der Waals surface area contributed by atoms with E-state index >= 15 is 0 Å². The summed E-state index contributed by atoms with van der Waals surface area (Å²) in [7, 11) is 0. The van der Waals surface area contributed by atoms with Crippen LogP contribution in [0.15, 0.2) is 46.5 Å². The second-order valence-electron chi connectivity index (χ2n) is 11.2. The SMILES string of the molecule is CCCC=C1OC(=O)C2=C1CCC1C3C=C4C(=O)OC(=CC(CCO)CCC(C)C)C4(CC3)C21. The van der Waals surface area contributed by atoms with Gasteiger partial charge in [0.2, 0.25) is 0 Å². The van der Waals surface area contributed by atoms with E-state index in [9.17, 15) is 14.7 Å². The van der Waals surface area contributed by atoms with Gasteiger partial charge in [0.25, 0.3) is 0 Å². The average molecular weight is 467 g/mol. The Bertz CT molecular complexity index is 996. The maximum absolute atomic E-state index is 13.3. The van der Waals surface area contributed by atoms with Crippen LogP contribution in [0.4, 0.5) is 0 Å². The number of aliphatic hydroxyl groups is 1. The number of unbranched alkanes of at least 4 members (excludes halogenated alkanes) is 1. The van der Waals surface area contributed by atoms with Crippen LogP contribution in [-0.2, 0) is 19.1 Å². The standard InChI is InChI=1S/C29H38O5/c1-4-5-6-23-21-10-9-20-19-11-13-29(26(20)25(21)28(32)33-23)22(16-19)27(31)34-24(29)15-18(12-14-30)8-7-17(2)3/h6,15-20,26,30H,4-5,7-14H2,1-3H3. The van der Waals surface area contributed by atoms with E-state index < -0.39 is 5.41 Å². The van der Waals surface area contributed by atoms with E-state index in [0.717, 1.165) is 79.6 Å². The molecule has 1 N–H and O–H groups in total. The molecule has 0 aromatic heterocycles. The topological polar surface area (TPSA) is 72.8 Å². The molecule has 4 aliphatic carbocycles. The van der Waals surface area contributed by atoms with Gasteiger partial charge in [0.15, 0.2) is 0 Å². The molecule has 1 spiro atoms. The number of carbonyl (C=O) groups is 2. The highest BCUT2D eigenvalue weighted by Crippen LogP contribution is 2.68. The average Bonchev–Trinajstić information content (AvgIpc) is 3.30. The lowest BCUT2D eigenvalue weighted by Crippen LogP contribution is -2.50. The Balaban J connectivity index is 1.60. The number of ether oxygens (including phenoxy) is 2. The highest BCUT2D eigenvalue weighted by molar-refractivity contribution is 5.99. The number of fused-ring (bicyclic) bond motifs is 1. The molecule has 0 aromatic carbocycles. The number of esters is 2. The molecule has 6 aliphatic rings. The third kappa shape index (κ3) is 3.62. The minimum absolute atomic E-state index is 0.0624. The van der Waals surface area contributed by atoms with E-state index in [-0.39, 0.29) is 30.4 Å². The first kappa shape index (κ1) is 23.6. The fourth-order valence-corrected chi connectivity index (χ4v) is 7.21. The van der Waals surface area contributed by atoms with Crippen LogP contribution < -0.4 is 0 Å². The largest absolute Gasteiger partial charge is 0.427 e. The molecule has 2 aliphatic heterocycles. The van der Waals surface area contributed by atoms with Crippen molar-refractivity contribution in [1.29, 1.82) is 0 Å². The van der Waals surface area contributed by atoms with Crippen LogP contribution >= 0.6 is 0 Å². The minimum atomic E-state index is -0.567. The molecule has 2 fully saturated rings. The van der Waals surface area contributed by atoms with Gasteiger partial charge in [-0.15, -0.1) is 0 Å². The van der Waals surface area contributed by atoms with Crippen LogP contribution in [0.25, 0.3) is 0 Å². The van der Waals surface area contributed by atoms with Gasteiger partial charge in [-0.25, -0.2) is 9.59 Å². The van der Waals surface area contributed by atoms with Crippen molar-refractivity contribution in [2.45, 2.75) is 78.6 Å². The number of aliphatic hydroxyl groups excluding tert-OH is 1. The Labute approximate surface area is 203 Å². The summed E-state index contributed by atoms with van der Waals surface area (Å²) in [4.78, 5) is 26.4. The van der Waals surface area contributed by atoms with Crippen LogP contribution in [0.1, 0.15) is 78.6 Å². The van der Waals surface area contributed by atoms with Crippen molar-refractivity contribution in [2.75, 3.05) is 6.61 Å². The van der Waals surface area contributed by atoms with Gasteiger partial charge < -0.3 is 14.6 Å². The van der Waals surface area contributed by atoms with E-state index in [1.165, 1.54) is 0 Å². The van der Waals surface area contributed by atoms with Gasteiger partial charge in [-0.05, 0) is 80.8 Å². The van der Waals surface area contributed by atoms with Gasteiger partial charge in [-0.2, -0.15) is 0 Å². The normalized spacial score (nSPS) is 34.9. The molecule has 0 aromatic rings. The highest BCUT2D eigenvalue weighted by atomic mass is 16.5.